The largest absolute Gasteiger partial charge is 0.462 e. The van der Waals surface area contributed by atoms with Crippen molar-refractivity contribution >= 4 is 11.9 Å². The standard InChI is InChI=1S/C33H54O4/c1-9-24(20(2)3)11-10-21(4)27-12-13-28-31-29(15-17-33(27,28)8)32(7)16-14-26(36-22(5)34)18-25(32)19-30(31)37-23(6)35/h19-21,24,26-31H,9-18H2,1-8H3/t21-,24-,26+,27-,28+,29+,30-,31+,32+,33-/m1/s1. The molecule has 0 aromatic carbocycles. The van der Waals surface area contributed by atoms with E-state index in [4.69, 9.17) is 9.47 Å². The van der Waals surface area contributed by atoms with Gasteiger partial charge < -0.3 is 9.47 Å². The lowest BCUT2D eigenvalue weighted by atomic mass is 9.46. The second kappa shape index (κ2) is 11.0. The highest BCUT2D eigenvalue weighted by molar-refractivity contribution is 5.67. The van der Waals surface area contributed by atoms with Gasteiger partial charge in [0.2, 0.25) is 0 Å². The maximum atomic E-state index is 12.3. The molecule has 0 spiro atoms. The van der Waals surface area contributed by atoms with E-state index in [0.717, 1.165) is 42.9 Å². The van der Waals surface area contributed by atoms with Gasteiger partial charge in [-0.05, 0) is 97.4 Å². The monoisotopic (exact) mass is 514 g/mol. The second-order valence-electron chi connectivity index (χ2n) is 14.1. The SMILES string of the molecule is CC[C@H](CC[C@@H](C)[C@H]1CC[C@H]2[C@@H]3[C@H](OC(C)=O)C=C4C[C@@H](OC(C)=O)CC[C@]4(C)[C@H]3CC[C@]12C)C(C)C. The van der Waals surface area contributed by atoms with Gasteiger partial charge in [0, 0.05) is 26.2 Å². The first-order chi connectivity index (χ1) is 17.4. The van der Waals surface area contributed by atoms with E-state index in [9.17, 15) is 9.59 Å². The number of esters is 2. The molecule has 4 heteroatoms. The number of hydrogen-bond acceptors (Lipinski definition) is 4. The van der Waals surface area contributed by atoms with Crippen LogP contribution in [0.4, 0.5) is 0 Å². The summed E-state index contributed by atoms with van der Waals surface area (Å²) in [4.78, 5) is 24.0. The minimum atomic E-state index is -0.197. The number of carbonyl (C=O) groups excluding carboxylic acids is 2. The Hall–Kier alpha value is -1.32. The third kappa shape index (κ3) is 5.42. The Labute approximate surface area is 226 Å². The minimum Gasteiger partial charge on any atom is -0.462 e. The lowest BCUT2D eigenvalue weighted by Gasteiger charge is -2.59. The van der Waals surface area contributed by atoms with Gasteiger partial charge in [0.25, 0.3) is 0 Å². The van der Waals surface area contributed by atoms with E-state index in [1.54, 1.807) is 6.92 Å². The Kier molecular flexibility index (Phi) is 8.56. The average molecular weight is 515 g/mol. The molecule has 10 atom stereocenters. The molecule has 0 amide bonds. The Bertz CT molecular complexity index is 876. The fourth-order valence-corrected chi connectivity index (χ4v) is 9.89. The van der Waals surface area contributed by atoms with Crippen LogP contribution in [0.3, 0.4) is 0 Å². The summed E-state index contributed by atoms with van der Waals surface area (Å²) in [5.41, 5.74) is 1.81. The fraction of sp³-hybridized carbons (Fsp3) is 0.879. The quantitative estimate of drug-likeness (QED) is 0.242. The van der Waals surface area contributed by atoms with E-state index in [0.29, 0.717) is 23.2 Å². The Morgan fingerprint density at radius 3 is 2.27 bits per heavy atom. The molecule has 0 N–H and O–H groups in total. The molecular formula is C33H54O4. The predicted octanol–water partition coefficient (Wildman–Crippen LogP) is 8.14. The number of fused-ring (bicyclic) bond motifs is 5. The van der Waals surface area contributed by atoms with Gasteiger partial charge in [0.1, 0.15) is 12.2 Å². The highest BCUT2D eigenvalue weighted by Gasteiger charge is 2.62. The molecule has 0 unspecified atom stereocenters. The van der Waals surface area contributed by atoms with Crippen LogP contribution in [0.1, 0.15) is 120 Å². The zero-order chi connectivity index (χ0) is 27.1. The lowest BCUT2D eigenvalue weighted by Crippen LogP contribution is -2.55. The van der Waals surface area contributed by atoms with Gasteiger partial charge in [0.15, 0.2) is 0 Å². The topological polar surface area (TPSA) is 52.6 Å². The lowest BCUT2D eigenvalue weighted by molar-refractivity contribution is -0.159. The van der Waals surface area contributed by atoms with Crippen molar-refractivity contribution in [3.63, 3.8) is 0 Å². The minimum absolute atomic E-state index is 0.0466. The molecule has 3 fully saturated rings. The van der Waals surface area contributed by atoms with Crippen molar-refractivity contribution in [2.45, 2.75) is 132 Å². The molecule has 3 saturated carbocycles. The molecule has 0 radical (unpaired) electrons. The molecule has 0 bridgehead atoms. The van der Waals surface area contributed by atoms with Crippen molar-refractivity contribution < 1.29 is 19.1 Å². The summed E-state index contributed by atoms with van der Waals surface area (Å²) in [5, 5.41) is 0. The summed E-state index contributed by atoms with van der Waals surface area (Å²) in [7, 11) is 0. The molecule has 4 nitrogen and oxygen atoms in total. The highest BCUT2D eigenvalue weighted by Crippen LogP contribution is 2.67. The Balaban J connectivity index is 1.58. The molecule has 4 aliphatic rings. The van der Waals surface area contributed by atoms with Crippen LogP contribution in [0.2, 0.25) is 0 Å². The number of hydrogen-bond donors (Lipinski definition) is 0. The van der Waals surface area contributed by atoms with E-state index in [-0.39, 0.29) is 29.6 Å². The van der Waals surface area contributed by atoms with Crippen LogP contribution in [0.5, 0.6) is 0 Å². The molecule has 0 aliphatic heterocycles. The van der Waals surface area contributed by atoms with Crippen LogP contribution < -0.4 is 0 Å². The molecule has 0 aromatic heterocycles. The van der Waals surface area contributed by atoms with E-state index in [1.807, 2.05) is 0 Å². The Morgan fingerprint density at radius 2 is 1.65 bits per heavy atom. The zero-order valence-electron chi connectivity index (χ0n) is 25.0. The van der Waals surface area contributed by atoms with Crippen LogP contribution in [0.15, 0.2) is 11.6 Å². The van der Waals surface area contributed by atoms with Crippen molar-refractivity contribution in [1.29, 1.82) is 0 Å². The van der Waals surface area contributed by atoms with Crippen molar-refractivity contribution in [2.24, 2.45) is 52.3 Å². The molecule has 37 heavy (non-hydrogen) atoms. The van der Waals surface area contributed by atoms with Gasteiger partial charge in [-0.15, -0.1) is 0 Å². The third-order valence-electron chi connectivity index (χ3n) is 11.9. The van der Waals surface area contributed by atoms with E-state index >= 15 is 0 Å². The van der Waals surface area contributed by atoms with Crippen LogP contribution in [0, 0.1) is 52.3 Å². The summed E-state index contributed by atoms with van der Waals surface area (Å²) in [6.45, 7) is 17.8. The number of ether oxygens (including phenoxy) is 2. The molecular weight excluding hydrogens is 460 g/mol. The summed E-state index contributed by atoms with van der Waals surface area (Å²) >= 11 is 0. The van der Waals surface area contributed by atoms with Crippen molar-refractivity contribution in [3.8, 4) is 0 Å². The first-order valence-electron chi connectivity index (χ1n) is 15.5. The maximum Gasteiger partial charge on any atom is 0.303 e. The van der Waals surface area contributed by atoms with Crippen molar-refractivity contribution in [1.82, 2.24) is 0 Å². The summed E-state index contributed by atoms with van der Waals surface area (Å²) in [5.74, 6) is 4.28. The van der Waals surface area contributed by atoms with E-state index in [1.165, 1.54) is 57.4 Å². The van der Waals surface area contributed by atoms with Crippen LogP contribution in [-0.4, -0.2) is 24.1 Å². The first kappa shape index (κ1) is 28.7. The van der Waals surface area contributed by atoms with Gasteiger partial charge in [-0.2, -0.15) is 0 Å². The average Bonchev–Trinajstić information content (AvgIpc) is 3.16. The maximum absolute atomic E-state index is 12.3. The van der Waals surface area contributed by atoms with Gasteiger partial charge in [-0.25, -0.2) is 0 Å². The molecule has 4 aliphatic carbocycles. The molecule has 0 saturated heterocycles. The third-order valence-corrected chi connectivity index (χ3v) is 11.9. The van der Waals surface area contributed by atoms with Gasteiger partial charge in [0.05, 0.1) is 0 Å². The van der Waals surface area contributed by atoms with E-state index < -0.39 is 0 Å². The van der Waals surface area contributed by atoms with Gasteiger partial charge >= 0.3 is 11.9 Å². The number of rotatable bonds is 8. The molecule has 4 rings (SSSR count). The smallest absolute Gasteiger partial charge is 0.303 e. The van der Waals surface area contributed by atoms with Gasteiger partial charge in [-0.3, -0.25) is 9.59 Å². The molecule has 210 valence electrons. The molecule has 0 heterocycles. The first-order valence-corrected chi connectivity index (χ1v) is 15.5. The van der Waals surface area contributed by atoms with Crippen LogP contribution in [-0.2, 0) is 19.1 Å². The second-order valence-corrected chi connectivity index (χ2v) is 14.1. The highest BCUT2D eigenvalue weighted by atomic mass is 16.5. The van der Waals surface area contributed by atoms with Crippen molar-refractivity contribution in [2.75, 3.05) is 0 Å². The predicted molar refractivity (Wildman–Crippen MR) is 149 cm³/mol. The summed E-state index contributed by atoms with van der Waals surface area (Å²) in [6.07, 6.45) is 13.9. The Morgan fingerprint density at radius 1 is 0.946 bits per heavy atom. The normalized spacial score (nSPS) is 40.6. The number of carbonyl (C=O) groups is 2. The zero-order valence-corrected chi connectivity index (χ0v) is 25.0. The van der Waals surface area contributed by atoms with Gasteiger partial charge in [-0.1, -0.05) is 60.0 Å². The van der Waals surface area contributed by atoms with Crippen LogP contribution >= 0.6 is 0 Å². The van der Waals surface area contributed by atoms with Crippen molar-refractivity contribution in [3.05, 3.63) is 11.6 Å². The van der Waals surface area contributed by atoms with Crippen LogP contribution in [0.25, 0.3) is 0 Å². The molecule has 0 aromatic rings. The summed E-state index contributed by atoms with van der Waals surface area (Å²) < 4.78 is 11.8. The fourth-order valence-electron chi connectivity index (χ4n) is 9.89. The van der Waals surface area contributed by atoms with E-state index in [2.05, 4.69) is 47.6 Å². The summed E-state index contributed by atoms with van der Waals surface area (Å²) in [6, 6.07) is 0.